The number of carbonyl (C=O) groups excluding carboxylic acids is 1. The van der Waals surface area contributed by atoms with Crippen LogP contribution in [0.5, 0.6) is 0 Å². The molecule has 6 heteroatoms. The number of aromatic nitrogens is 2. The predicted octanol–water partition coefficient (Wildman–Crippen LogP) is 3.48. The number of carbonyl (C=O) groups is 1. The Kier molecular flexibility index (Phi) is 4.76. The fourth-order valence-electron chi connectivity index (χ4n) is 2.09. The zero-order chi connectivity index (χ0) is 16.8. The number of nitrogens with zero attached hydrogens (tertiary/aromatic N) is 2. The van der Waals surface area contributed by atoms with Gasteiger partial charge in [0.25, 0.3) is 5.91 Å². The number of benzene rings is 2. The van der Waals surface area contributed by atoms with Gasteiger partial charge < -0.3 is 10.6 Å². The van der Waals surface area contributed by atoms with Crippen molar-refractivity contribution >= 4 is 17.4 Å². The lowest BCUT2D eigenvalue weighted by molar-refractivity contribution is 0.102. The molecule has 3 aromatic rings. The minimum absolute atomic E-state index is 0.241. The summed E-state index contributed by atoms with van der Waals surface area (Å²) in [6.45, 7) is 0.582. The topological polar surface area (TPSA) is 66.9 Å². The van der Waals surface area contributed by atoms with Crippen LogP contribution in [0, 0.1) is 5.82 Å². The summed E-state index contributed by atoms with van der Waals surface area (Å²) in [7, 11) is 0. The number of halogens is 1. The molecule has 1 aromatic heterocycles. The maximum atomic E-state index is 12.9. The first-order valence-electron chi connectivity index (χ1n) is 7.36. The van der Waals surface area contributed by atoms with E-state index in [1.165, 1.54) is 24.3 Å². The van der Waals surface area contributed by atoms with Gasteiger partial charge in [-0.05, 0) is 42.0 Å². The van der Waals surface area contributed by atoms with E-state index in [-0.39, 0.29) is 11.7 Å². The van der Waals surface area contributed by atoms with Crippen LogP contribution in [-0.2, 0) is 6.54 Å². The van der Waals surface area contributed by atoms with E-state index < -0.39 is 0 Å². The minimum atomic E-state index is -0.340. The van der Waals surface area contributed by atoms with E-state index in [4.69, 9.17) is 0 Å². The highest BCUT2D eigenvalue weighted by Crippen LogP contribution is 2.12. The fraction of sp³-hybridized carbons (Fsp3) is 0.0556. The van der Waals surface area contributed by atoms with Gasteiger partial charge in [0, 0.05) is 30.2 Å². The SMILES string of the molecule is O=C(Nc1ccc(F)cc1)c1ccc(CNc2cnccn2)cc1. The van der Waals surface area contributed by atoms with Gasteiger partial charge in [-0.2, -0.15) is 0 Å². The van der Waals surface area contributed by atoms with Crippen LogP contribution in [-0.4, -0.2) is 15.9 Å². The lowest BCUT2D eigenvalue weighted by Crippen LogP contribution is -2.12. The van der Waals surface area contributed by atoms with Crippen LogP contribution < -0.4 is 10.6 Å². The zero-order valence-corrected chi connectivity index (χ0v) is 12.7. The smallest absolute Gasteiger partial charge is 0.255 e. The highest BCUT2D eigenvalue weighted by molar-refractivity contribution is 6.04. The largest absolute Gasteiger partial charge is 0.365 e. The Balaban J connectivity index is 1.59. The molecular formula is C18H15FN4O. The molecule has 0 bridgehead atoms. The van der Waals surface area contributed by atoms with Gasteiger partial charge in [0.05, 0.1) is 6.20 Å². The summed E-state index contributed by atoms with van der Waals surface area (Å²) < 4.78 is 12.9. The van der Waals surface area contributed by atoms with Crippen LogP contribution in [0.15, 0.2) is 67.1 Å². The lowest BCUT2D eigenvalue weighted by Gasteiger charge is -2.07. The van der Waals surface area contributed by atoms with Crippen molar-refractivity contribution in [2.75, 3.05) is 10.6 Å². The van der Waals surface area contributed by atoms with Crippen molar-refractivity contribution in [2.24, 2.45) is 0 Å². The van der Waals surface area contributed by atoms with Gasteiger partial charge in [0.15, 0.2) is 0 Å². The van der Waals surface area contributed by atoms with Crippen LogP contribution in [0.1, 0.15) is 15.9 Å². The van der Waals surface area contributed by atoms with Crippen molar-refractivity contribution in [3.63, 3.8) is 0 Å². The Morgan fingerprint density at radius 3 is 2.42 bits per heavy atom. The molecule has 0 aliphatic rings. The summed E-state index contributed by atoms with van der Waals surface area (Å²) >= 11 is 0. The zero-order valence-electron chi connectivity index (χ0n) is 12.7. The average molecular weight is 322 g/mol. The molecule has 0 fully saturated rings. The summed E-state index contributed by atoms with van der Waals surface area (Å²) in [4.78, 5) is 20.3. The van der Waals surface area contributed by atoms with Crippen molar-refractivity contribution < 1.29 is 9.18 Å². The molecule has 24 heavy (non-hydrogen) atoms. The third kappa shape index (κ3) is 4.13. The number of hydrogen-bond donors (Lipinski definition) is 2. The second-order valence-electron chi connectivity index (χ2n) is 5.10. The maximum absolute atomic E-state index is 12.9. The third-order valence-corrected chi connectivity index (χ3v) is 3.36. The fourth-order valence-corrected chi connectivity index (χ4v) is 2.09. The van der Waals surface area contributed by atoms with Crippen molar-refractivity contribution in [2.45, 2.75) is 6.54 Å². The Morgan fingerprint density at radius 2 is 1.75 bits per heavy atom. The summed E-state index contributed by atoms with van der Waals surface area (Å²) in [5.74, 6) is 0.110. The number of rotatable bonds is 5. The van der Waals surface area contributed by atoms with Gasteiger partial charge in [-0.3, -0.25) is 9.78 Å². The van der Waals surface area contributed by atoms with Gasteiger partial charge in [0.1, 0.15) is 11.6 Å². The van der Waals surface area contributed by atoms with Crippen molar-refractivity contribution in [1.82, 2.24) is 9.97 Å². The molecule has 2 aromatic carbocycles. The van der Waals surface area contributed by atoms with E-state index in [1.807, 2.05) is 12.1 Å². The van der Waals surface area contributed by atoms with Gasteiger partial charge in [0.2, 0.25) is 0 Å². The molecule has 0 atom stereocenters. The summed E-state index contributed by atoms with van der Waals surface area (Å²) in [6, 6.07) is 12.9. The molecule has 120 valence electrons. The molecule has 0 unspecified atom stereocenters. The molecule has 1 amide bonds. The summed E-state index contributed by atoms with van der Waals surface area (Å²) in [5.41, 5.74) is 2.09. The standard InChI is InChI=1S/C18H15FN4O/c19-15-5-7-16(8-6-15)23-18(24)14-3-1-13(2-4-14)11-22-17-12-20-9-10-21-17/h1-10,12H,11H2,(H,21,22)(H,23,24). The molecule has 0 radical (unpaired) electrons. The van der Waals surface area contributed by atoms with E-state index >= 15 is 0 Å². The first-order chi connectivity index (χ1) is 11.7. The third-order valence-electron chi connectivity index (χ3n) is 3.36. The van der Waals surface area contributed by atoms with Crippen LogP contribution in [0.4, 0.5) is 15.9 Å². The van der Waals surface area contributed by atoms with E-state index in [0.717, 1.165) is 5.56 Å². The highest BCUT2D eigenvalue weighted by atomic mass is 19.1. The monoisotopic (exact) mass is 322 g/mol. The maximum Gasteiger partial charge on any atom is 0.255 e. The van der Waals surface area contributed by atoms with Gasteiger partial charge in [-0.25, -0.2) is 9.37 Å². The molecule has 3 rings (SSSR count). The van der Waals surface area contributed by atoms with E-state index in [9.17, 15) is 9.18 Å². The quantitative estimate of drug-likeness (QED) is 0.755. The lowest BCUT2D eigenvalue weighted by atomic mass is 10.1. The van der Waals surface area contributed by atoms with Crippen molar-refractivity contribution in [3.8, 4) is 0 Å². The Bertz CT molecular complexity index is 805. The van der Waals surface area contributed by atoms with Crippen molar-refractivity contribution in [3.05, 3.63) is 84.1 Å². The molecule has 0 saturated heterocycles. The molecule has 2 N–H and O–H groups in total. The van der Waals surface area contributed by atoms with Crippen LogP contribution in [0.2, 0.25) is 0 Å². The predicted molar refractivity (Wildman–Crippen MR) is 90.2 cm³/mol. The van der Waals surface area contributed by atoms with Crippen LogP contribution in [0.3, 0.4) is 0 Å². The molecule has 0 aliphatic heterocycles. The van der Waals surface area contributed by atoms with Gasteiger partial charge >= 0.3 is 0 Å². The van der Waals surface area contributed by atoms with Crippen LogP contribution >= 0.6 is 0 Å². The Hall–Kier alpha value is -3.28. The van der Waals surface area contributed by atoms with E-state index in [0.29, 0.717) is 23.6 Å². The first kappa shape index (κ1) is 15.6. The minimum Gasteiger partial charge on any atom is -0.365 e. The molecular weight excluding hydrogens is 307 g/mol. The summed E-state index contributed by atoms with van der Waals surface area (Å²) in [5, 5.41) is 5.87. The summed E-state index contributed by atoms with van der Waals surface area (Å²) in [6.07, 6.45) is 4.87. The van der Waals surface area contributed by atoms with Gasteiger partial charge in [-0.1, -0.05) is 12.1 Å². The molecule has 0 aliphatic carbocycles. The van der Waals surface area contributed by atoms with Crippen molar-refractivity contribution in [1.29, 1.82) is 0 Å². The van der Waals surface area contributed by atoms with Gasteiger partial charge in [-0.15, -0.1) is 0 Å². The van der Waals surface area contributed by atoms with E-state index in [1.54, 1.807) is 30.7 Å². The highest BCUT2D eigenvalue weighted by Gasteiger charge is 2.06. The van der Waals surface area contributed by atoms with E-state index in [2.05, 4.69) is 20.6 Å². The Morgan fingerprint density at radius 1 is 1.00 bits per heavy atom. The molecule has 0 spiro atoms. The normalized spacial score (nSPS) is 10.2. The van der Waals surface area contributed by atoms with Crippen LogP contribution in [0.25, 0.3) is 0 Å². The second kappa shape index (κ2) is 7.32. The average Bonchev–Trinajstić information content (AvgIpc) is 2.63. The second-order valence-corrected chi connectivity index (χ2v) is 5.10. The molecule has 1 heterocycles. The number of amides is 1. The number of anilines is 2. The molecule has 5 nitrogen and oxygen atoms in total. The molecule has 0 saturated carbocycles. The number of hydrogen-bond acceptors (Lipinski definition) is 4. The first-order valence-corrected chi connectivity index (χ1v) is 7.36. The Labute approximate surface area is 138 Å². The number of nitrogens with one attached hydrogen (secondary N) is 2.